The topological polar surface area (TPSA) is 92.0 Å². The fraction of sp³-hybridized carbons (Fsp3) is 0.350. The van der Waals surface area contributed by atoms with Gasteiger partial charge in [0.05, 0.1) is 11.6 Å². The van der Waals surface area contributed by atoms with Gasteiger partial charge in [-0.15, -0.1) is 0 Å². The minimum Gasteiger partial charge on any atom is -0.381 e. The molecule has 0 atom stereocenters. The third-order valence-corrected chi connectivity index (χ3v) is 6.38. The zero-order valence-corrected chi connectivity index (χ0v) is 16.5. The average molecular weight is 402 g/mol. The Balaban J connectivity index is 1.46. The van der Waals surface area contributed by atoms with Gasteiger partial charge in [0.1, 0.15) is 22.4 Å². The summed E-state index contributed by atoms with van der Waals surface area (Å²) >= 11 is 1.31. The van der Waals surface area contributed by atoms with E-state index < -0.39 is 0 Å². The van der Waals surface area contributed by atoms with Gasteiger partial charge in [0.15, 0.2) is 10.8 Å². The molecular weight excluding hydrogens is 385 g/mol. The van der Waals surface area contributed by atoms with Crippen molar-refractivity contribution in [2.45, 2.75) is 25.1 Å². The van der Waals surface area contributed by atoms with Gasteiger partial charge in [0.2, 0.25) is 7.28 Å². The predicted molar refractivity (Wildman–Crippen MR) is 111 cm³/mol. The number of carbonyl (C=O) groups is 1. The normalized spacial score (nSPS) is 16.6. The van der Waals surface area contributed by atoms with Crippen LogP contribution in [0.15, 0.2) is 24.5 Å². The van der Waals surface area contributed by atoms with Crippen LogP contribution in [0.4, 0.5) is 11.5 Å². The van der Waals surface area contributed by atoms with Gasteiger partial charge in [-0.3, -0.25) is 0 Å². The van der Waals surface area contributed by atoms with E-state index in [4.69, 9.17) is 10.00 Å². The minimum absolute atomic E-state index is 0.0497. The molecule has 7 nitrogen and oxygen atoms in total. The van der Waals surface area contributed by atoms with Gasteiger partial charge in [-0.05, 0) is 43.0 Å². The fourth-order valence-electron chi connectivity index (χ4n) is 3.90. The maximum atomic E-state index is 12.7. The highest BCUT2D eigenvalue weighted by molar-refractivity contribution is 7.21. The third-order valence-electron chi connectivity index (χ3n) is 5.40. The molecule has 0 bridgehead atoms. The highest BCUT2D eigenvalue weighted by Crippen LogP contribution is 2.37. The monoisotopic (exact) mass is 402 g/mol. The van der Waals surface area contributed by atoms with Crippen LogP contribution in [0.2, 0.25) is 5.82 Å². The van der Waals surface area contributed by atoms with Crippen LogP contribution in [-0.4, -0.2) is 47.7 Å². The molecule has 3 aromatic rings. The first kappa shape index (κ1) is 18.2. The Morgan fingerprint density at radius 3 is 3.00 bits per heavy atom. The van der Waals surface area contributed by atoms with Crippen molar-refractivity contribution in [2.75, 3.05) is 24.7 Å². The van der Waals surface area contributed by atoms with Crippen LogP contribution in [0.3, 0.4) is 0 Å². The Kier molecular flexibility index (Phi) is 4.74. The minimum atomic E-state index is -0.0497. The predicted octanol–water partition coefficient (Wildman–Crippen LogP) is 3.10. The van der Waals surface area contributed by atoms with Crippen LogP contribution >= 0.6 is 11.3 Å². The van der Waals surface area contributed by atoms with Crippen molar-refractivity contribution >= 4 is 46.2 Å². The standard InChI is InChI=1S/C20H17BN5O2S/c22-10-12-1-2-15-13(9-12)3-6-26(15)18-16-19(24-11-23-18)29-20(25-16)17(27)21-14-4-7-28-8-5-14/h1-2,9,11,14H,3-8H2. The lowest BCUT2D eigenvalue weighted by Crippen LogP contribution is -2.22. The summed E-state index contributed by atoms with van der Waals surface area (Å²) in [5.41, 5.74) is 3.40. The lowest BCUT2D eigenvalue weighted by molar-refractivity contribution is 0.0949. The van der Waals surface area contributed by atoms with Gasteiger partial charge in [-0.1, -0.05) is 17.2 Å². The summed E-state index contributed by atoms with van der Waals surface area (Å²) in [6.07, 6.45) is 4.10. The summed E-state index contributed by atoms with van der Waals surface area (Å²) in [7, 11) is 1.78. The van der Waals surface area contributed by atoms with Crippen molar-refractivity contribution in [1.82, 2.24) is 15.0 Å². The van der Waals surface area contributed by atoms with Crippen molar-refractivity contribution in [3.05, 3.63) is 40.7 Å². The van der Waals surface area contributed by atoms with Crippen LogP contribution < -0.4 is 4.90 Å². The van der Waals surface area contributed by atoms with Gasteiger partial charge < -0.3 is 14.4 Å². The zero-order chi connectivity index (χ0) is 19.8. The van der Waals surface area contributed by atoms with E-state index in [0.717, 1.165) is 37.1 Å². The first-order chi connectivity index (χ1) is 14.2. The number of fused-ring (bicyclic) bond motifs is 2. The van der Waals surface area contributed by atoms with Crippen molar-refractivity contribution in [3.8, 4) is 6.07 Å². The largest absolute Gasteiger partial charge is 0.381 e. The molecule has 1 fully saturated rings. The number of hydrogen-bond donors (Lipinski definition) is 0. The van der Waals surface area contributed by atoms with Crippen LogP contribution in [0.25, 0.3) is 10.3 Å². The first-order valence-electron chi connectivity index (χ1n) is 9.62. The molecule has 0 aliphatic carbocycles. The number of carbonyl (C=O) groups excluding carboxylic acids is 1. The average Bonchev–Trinajstić information content (AvgIpc) is 3.38. The third kappa shape index (κ3) is 3.39. The maximum Gasteiger partial charge on any atom is 0.216 e. The molecule has 1 saturated heterocycles. The summed E-state index contributed by atoms with van der Waals surface area (Å²) in [5.74, 6) is 0.952. The molecule has 2 aliphatic rings. The SMILES string of the molecule is N#Cc1ccc2c(c1)CCN2c1ncnc2sc(C(=O)[B]C3CCOCC3)nc12. The zero-order valence-electron chi connectivity index (χ0n) is 15.7. The summed E-state index contributed by atoms with van der Waals surface area (Å²) in [5, 5.41) is 9.58. The van der Waals surface area contributed by atoms with Gasteiger partial charge >= 0.3 is 0 Å². The molecule has 0 saturated carbocycles. The molecule has 0 unspecified atom stereocenters. The molecule has 5 rings (SSSR count). The number of anilines is 2. The lowest BCUT2D eigenvalue weighted by atomic mass is 9.58. The van der Waals surface area contributed by atoms with E-state index in [1.165, 1.54) is 17.7 Å². The van der Waals surface area contributed by atoms with E-state index in [1.54, 1.807) is 7.28 Å². The molecule has 0 N–H and O–H groups in total. The summed E-state index contributed by atoms with van der Waals surface area (Å²) in [6.45, 7) is 2.16. The van der Waals surface area contributed by atoms with Crippen molar-refractivity contribution in [1.29, 1.82) is 5.26 Å². The molecule has 0 spiro atoms. The number of rotatable bonds is 4. The highest BCUT2D eigenvalue weighted by atomic mass is 32.1. The van der Waals surface area contributed by atoms with E-state index in [-0.39, 0.29) is 11.5 Å². The number of nitriles is 1. The van der Waals surface area contributed by atoms with Crippen molar-refractivity contribution in [2.24, 2.45) is 0 Å². The van der Waals surface area contributed by atoms with E-state index in [2.05, 4.69) is 25.9 Å². The van der Waals surface area contributed by atoms with Crippen LogP contribution in [-0.2, 0) is 11.2 Å². The number of hydrogen-bond acceptors (Lipinski definition) is 8. The number of thiazole rings is 1. The second-order valence-corrected chi connectivity index (χ2v) is 8.19. The first-order valence-corrected chi connectivity index (χ1v) is 10.4. The van der Waals surface area contributed by atoms with Crippen molar-refractivity contribution in [3.63, 3.8) is 0 Å². The molecule has 2 aliphatic heterocycles. The molecule has 143 valence electrons. The Morgan fingerprint density at radius 1 is 1.31 bits per heavy atom. The summed E-state index contributed by atoms with van der Waals surface area (Å²) in [6, 6.07) is 7.87. The lowest BCUT2D eigenvalue weighted by Gasteiger charge is -2.19. The highest BCUT2D eigenvalue weighted by Gasteiger charge is 2.27. The molecule has 1 radical (unpaired) electrons. The molecule has 1 aromatic carbocycles. The van der Waals surface area contributed by atoms with Crippen LogP contribution in [0.5, 0.6) is 0 Å². The van der Waals surface area contributed by atoms with E-state index in [9.17, 15) is 4.79 Å². The van der Waals surface area contributed by atoms with E-state index in [1.807, 2.05) is 18.2 Å². The molecule has 29 heavy (non-hydrogen) atoms. The van der Waals surface area contributed by atoms with E-state index in [0.29, 0.717) is 39.9 Å². The molecular formula is C20H17BN5O2S. The van der Waals surface area contributed by atoms with Gasteiger partial charge in [-0.2, -0.15) is 5.26 Å². The van der Waals surface area contributed by atoms with Gasteiger partial charge in [0.25, 0.3) is 0 Å². The smallest absolute Gasteiger partial charge is 0.216 e. The summed E-state index contributed by atoms with van der Waals surface area (Å²) in [4.78, 5) is 29.0. The number of ether oxygens (including phenoxy) is 1. The Hall–Kier alpha value is -2.83. The molecule has 4 heterocycles. The maximum absolute atomic E-state index is 12.7. The second-order valence-electron chi connectivity index (χ2n) is 7.21. The van der Waals surface area contributed by atoms with E-state index >= 15 is 0 Å². The van der Waals surface area contributed by atoms with Gasteiger partial charge in [-0.25, -0.2) is 15.0 Å². The number of nitrogens with zero attached hydrogens (tertiary/aromatic N) is 5. The second kappa shape index (κ2) is 7.54. The summed E-state index contributed by atoms with van der Waals surface area (Å²) < 4.78 is 5.37. The van der Waals surface area contributed by atoms with Gasteiger partial charge in [0, 0.05) is 25.4 Å². The van der Waals surface area contributed by atoms with Crippen LogP contribution in [0.1, 0.15) is 33.8 Å². The van der Waals surface area contributed by atoms with Crippen molar-refractivity contribution < 1.29 is 9.53 Å². The Bertz CT molecular complexity index is 1140. The Morgan fingerprint density at radius 2 is 2.17 bits per heavy atom. The number of aromatic nitrogens is 3. The molecule has 9 heteroatoms. The van der Waals surface area contributed by atoms with Crippen LogP contribution in [0, 0.1) is 11.3 Å². The molecule has 2 aromatic heterocycles. The Labute approximate surface area is 172 Å². The molecule has 0 amide bonds. The quantitative estimate of drug-likeness (QED) is 0.619. The fourth-order valence-corrected chi connectivity index (χ4v) is 4.73. The number of benzene rings is 1.